The third kappa shape index (κ3) is 5.19. The first-order valence-corrected chi connectivity index (χ1v) is 11.0. The van der Waals surface area contributed by atoms with Crippen molar-refractivity contribution in [3.05, 3.63) is 59.9 Å². The van der Waals surface area contributed by atoms with Gasteiger partial charge in [-0.1, -0.05) is 49.2 Å². The molecule has 1 heterocycles. The maximum atomic E-state index is 13.2. The third-order valence-electron chi connectivity index (χ3n) is 6.33. The maximum absolute atomic E-state index is 13.2. The molecule has 1 amide bonds. The second-order valence-corrected chi connectivity index (χ2v) is 8.50. The largest absolute Gasteiger partial charge is 0.497 e. The van der Waals surface area contributed by atoms with Crippen LogP contribution in [0.2, 0.25) is 0 Å². The first-order valence-electron chi connectivity index (χ1n) is 11.0. The SMILES string of the molecule is COc1cccc(-c2ccc(C[C@H](NC(=O)C3(CC(=O)O)CCCC3)c3nnn[nH]3)cc2)c1. The Hall–Kier alpha value is -3.75. The van der Waals surface area contributed by atoms with E-state index < -0.39 is 17.4 Å². The molecule has 1 atom stereocenters. The summed E-state index contributed by atoms with van der Waals surface area (Å²) >= 11 is 0. The van der Waals surface area contributed by atoms with Crippen LogP contribution in [0.25, 0.3) is 11.1 Å². The second-order valence-electron chi connectivity index (χ2n) is 8.50. The number of nitrogens with zero attached hydrogens (tertiary/aromatic N) is 3. The molecule has 1 aliphatic rings. The van der Waals surface area contributed by atoms with E-state index in [1.54, 1.807) is 7.11 Å². The molecular formula is C24H27N5O4. The Balaban J connectivity index is 1.52. The Labute approximate surface area is 191 Å². The fourth-order valence-electron chi connectivity index (χ4n) is 4.54. The molecule has 172 valence electrons. The molecule has 1 aromatic heterocycles. The molecule has 9 nitrogen and oxygen atoms in total. The molecule has 0 radical (unpaired) electrons. The summed E-state index contributed by atoms with van der Waals surface area (Å²) in [5, 5.41) is 26.4. The van der Waals surface area contributed by atoms with Crippen LogP contribution in [0.15, 0.2) is 48.5 Å². The average molecular weight is 450 g/mol. The molecule has 33 heavy (non-hydrogen) atoms. The number of carbonyl (C=O) groups is 2. The summed E-state index contributed by atoms with van der Waals surface area (Å²) in [5.74, 6) is 0.0120. The lowest BCUT2D eigenvalue weighted by Crippen LogP contribution is -2.43. The smallest absolute Gasteiger partial charge is 0.304 e. The number of benzene rings is 2. The fraction of sp³-hybridized carbons (Fsp3) is 0.375. The minimum atomic E-state index is -0.960. The quantitative estimate of drug-likeness (QED) is 0.457. The van der Waals surface area contributed by atoms with E-state index in [1.165, 1.54) is 0 Å². The number of methoxy groups -OCH3 is 1. The summed E-state index contributed by atoms with van der Waals surface area (Å²) < 4.78 is 5.31. The van der Waals surface area contributed by atoms with E-state index in [9.17, 15) is 14.7 Å². The van der Waals surface area contributed by atoms with Gasteiger partial charge in [0.15, 0.2) is 5.82 Å². The van der Waals surface area contributed by atoms with E-state index >= 15 is 0 Å². The summed E-state index contributed by atoms with van der Waals surface area (Å²) in [6.07, 6.45) is 3.13. The van der Waals surface area contributed by atoms with Gasteiger partial charge < -0.3 is 15.2 Å². The zero-order valence-electron chi connectivity index (χ0n) is 18.5. The van der Waals surface area contributed by atoms with E-state index in [-0.39, 0.29) is 12.3 Å². The van der Waals surface area contributed by atoms with Crippen molar-refractivity contribution in [2.75, 3.05) is 7.11 Å². The number of aliphatic carboxylic acids is 1. The number of aromatic amines is 1. The fourth-order valence-corrected chi connectivity index (χ4v) is 4.54. The zero-order valence-corrected chi connectivity index (χ0v) is 18.5. The van der Waals surface area contributed by atoms with Crippen molar-refractivity contribution >= 4 is 11.9 Å². The maximum Gasteiger partial charge on any atom is 0.304 e. The van der Waals surface area contributed by atoms with Crippen LogP contribution in [0.5, 0.6) is 5.75 Å². The van der Waals surface area contributed by atoms with Crippen molar-refractivity contribution in [1.29, 1.82) is 0 Å². The Morgan fingerprint density at radius 2 is 1.91 bits per heavy atom. The van der Waals surface area contributed by atoms with Crippen LogP contribution in [-0.2, 0) is 16.0 Å². The van der Waals surface area contributed by atoms with Crippen LogP contribution in [-0.4, -0.2) is 44.7 Å². The lowest BCUT2D eigenvalue weighted by molar-refractivity contribution is -0.145. The van der Waals surface area contributed by atoms with Crippen LogP contribution in [0, 0.1) is 5.41 Å². The predicted molar refractivity (Wildman–Crippen MR) is 120 cm³/mol. The molecule has 1 aliphatic carbocycles. The Morgan fingerprint density at radius 1 is 1.15 bits per heavy atom. The molecule has 1 fully saturated rings. The van der Waals surface area contributed by atoms with E-state index in [0.29, 0.717) is 25.1 Å². The number of hydrogen-bond donors (Lipinski definition) is 3. The van der Waals surface area contributed by atoms with Crippen LogP contribution in [0.3, 0.4) is 0 Å². The van der Waals surface area contributed by atoms with Gasteiger partial charge in [0.1, 0.15) is 5.75 Å². The number of ether oxygens (including phenoxy) is 1. The first kappa shape index (κ1) is 22.4. The van der Waals surface area contributed by atoms with Gasteiger partial charge in [-0.05, 0) is 52.1 Å². The van der Waals surface area contributed by atoms with Crippen LogP contribution >= 0.6 is 0 Å². The Morgan fingerprint density at radius 3 is 2.55 bits per heavy atom. The lowest BCUT2D eigenvalue weighted by atomic mass is 9.81. The predicted octanol–water partition coefficient (Wildman–Crippen LogP) is 3.31. The highest BCUT2D eigenvalue weighted by Gasteiger charge is 2.43. The highest BCUT2D eigenvalue weighted by atomic mass is 16.5. The average Bonchev–Trinajstić information content (AvgIpc) is 3.52. The molecule has 0 aliphatic heterocycles. The van der Waals surface area contributed by atoms with E-state index in [4.69, 9.17) is 4.74 Å². The van der Waals surface area contributed by atoms with Gasteiger partial charge in [-0.25, -0.2) is 5.10 Å². The lowest BCUT2D eigenvalue weighted by Gasteiger charge is -2.28. The van der Waals surface area contributed by atoms with Crippen molar-refractivity contribution in [1.82, 2.24) is 25.9 Å². The van der Waals surface area contributed by atoms with Gasteiger partial charge in [0.05, 0.1) is 25.0 Å². The zero-order chi connectivity index (χ0) is 23.3. The molecule has 1 saturated carbocycles. The third-order valence-corrected chi connectivity index (χ3v) is 6.33. The molecule has 0 unspecified atom stereocenters. The van der Waals surface area contributed by atoms with Crippen LogP contribution < -0.4 is 10.1 Å². The summed E-state index contributed by atoms with van der Waals surface area (Å²) in [6.45, 7) is 0. The topological polar surface area (TPSA) is 130 Å². The van der Waals surface area contributed by atoms with Crippen molar-refractivity contribution in [3.63, 3.8) is 0 Å². The molecule has 3 aromatic rings. The van der Waals surface area contributed by atoms with Gasteiger partial charge in [-0.3, -0.25) is 9.59 Å². The number of aromatic nitrogens is 4. The number of hydrogen-bond acceptors (Lipinski definition) is 6. The molecule has 0 bridgehead atoms. The summed E-state index contributed by atoms with van der Waals surface area (Å²) in [6, 6.07) is 15.4. The molecule has 9 heteroatoms. The summed E-state index contributed by atoms with van der Waals surface area (Å²) in [5.41, 5.74) is 2.20. The van der Waals surface area contributed by atoms with Gasteiger partial charge in [-0.15, -0.1) is 5.10 Å². The molecular weight excluding hydrogens is 422 g/mol. The van der Waals surface area contributed by atoms with Crippen LogP contribution in [0.4, 0.5) is 0 Å². The van der Waals surface area contributed by atoms with E-state index in [0.717, 1.165) is 35.3 Å². The molecule has 3 N–H and O–H groups in total. The summed E-state index contributed by atoms with van der Waals surface area (Å²) in [7, 11) is 1.64. The van der Waals surface area contributed by atoms with Crippen molar-refractivity contribution in [3.8, 4) is 16.9 Å². The number of tetrazole rings is 1. The highest BCUT2D eigenvalue weighted by Crippen LogP contribution is 2.42. The number of amides is 1. The highest BCUT2D eigenvalue weighted by molar-refractivity contribution is 5.87. The Bertz CT molecular complexity index is 1090. The second kappa shape index (κ2) is 9.81. The first-order chi connectivity index (χ1) is 16.0. The van der Waals surface area contributed by atoms with Gasteiger partial charge in [0.25, 0.3) is 0 Å². The number of carboxylic acid groups (broad SMARTS) is 1. The minimum absolute atomic E-state index is 0.171. The van der Waals surface area contributed by atoms with E-state index in [1.807, 2.05) is 48.5 Å². The number of rotatable bonds is 9. The number of nitrogens with one attached hydrogen (secondary N) is 2. The van der Waals surface area contributed by atoms with Crippen LogP contribution in [0.1, 0.15) is 49.5 Å². The molecule has 2 aromatic carbocycles. The monoisotopic (exact) mass is 449 g/mol. The van der Waals surface area contributed by atoms with Gasteiger partial charge in [0, 0.05) is 6.42 Å². The summed E-state index contributed by atoms with van der Waals surface area (Å²) in [4.78, 5) is 24.7. The molecule has 4 rings (SSSR count). The van der Waals surface area contributed by atoms with Crippen molar-refractivity contribution in [2.45, 2.75) is 44.6 Å². The number of H-pyrrole nitrogens is 1. The number of carboxylic acids is 1. The minimum Gasteiger partial charge on any atom is -0.497 e. The van der Waals surface area contributed by atoms with Gasteiger partial charge >= 0.3 is 5.97 Å². The standard InChI is InChI=1S/C24H27N5O4/c1-33-19-6-4-5-18(14-19)17-9-7-16(8-10-17)13-20(22-26-28-29-27-22)25-23(32)24(15-21(30)31)11-2-3-12-24/h4-10,14,20H,2-3,11-13,15H2,1H3,(H,25,32)(H,30,31)(H,26,27,28,29)/t20-/m0/s1. The van der Waals surface area contributed by atoms with E-state index in [2.05, 4.69) is 25.9 Å². The normalized spacial score (nSPS) is 15.7. The van der Waals surface area contributed by atoms with Crippen molar-refractivity contribution in [2.24, 2.45) is 5.41 Å². The van der Waals surface area contributed by atoms with Gasteiger partial charge in [0.2, 0.25) is 5.91 Å². The number of carbonyl (C=O) groups excluding carboxylic acids is 1. The Kier molecular flexibility index (Phi) is 6.67. The van der Waals surface area contributed by atoms with Gasteiger partial charge in [-0.2, -0.15) is 0 Å². The molecule has 0 saturated heterocycles. The van der Waals surface area contributed by atoms with Crippen molar-refractivity contribution < 1.29 is 19.4 Å². The molecule has 0 spiro atoms.